The summed E-state index contributed by atoms with van der Waals surface area (Å²) in [6, 6.07) is 10.8. The van der Waals surface area contributed by atoms with Crippen LogP contribution in [0.3, 0.4) is 0 Å². The number of nitrogens with one attached hydrogen (secondary N) is 1. The average molecular weight is 561 g/mol. The van der Waals surface area contributed by atoms with Gasteiger partial charge in [-0.15, -0.1) is 10.2 Å². The van der Waals surface area contributed by atoms with Crippen molar-refractivity contribution in [2.45, 2.75) is 49.1 Å². The Morgan fingerprint density at radius 2 is 1.72 bits per heavy atom. The number of hydrogen-bond donors (Lipinski definition) is 1. The molecule has 2 radical (unpaired) electrons. The highest BCUT2D eigenvalue weighted by Crippen LogP contribution is 2.52. The number of rotatable bonds is 6. The minimum Gasteiger partial charge on any atom is -0.274 e. The molecule has 2 atom stereocenters. The fourth-order valence-corrected chi connectivity index (χ4v) is 7.69. The van der Waals surface area contributed by atoms with E-state index in [9.17, 15) is 16.8 Å². The van der Waals surface area contributed by atoms with Gasteiger partial charge < -0.3 is 0 Å². The molecule has 0 amide bonds. The highest BCUT2D eigenvalue weighted by Gasteiger charge is 2.52. The molecule has 11 nitrogen and oxygen atoms in total. The largest absolute Gasteiger partial charge is 0.274 e. The standard InChI is InChI=1S/C25H24BN7O4S2/c1-15-4-7-17(8-5-15)39(36,37)32-11-10-19-24(32)28-14-21-29-30-23(33(19)21)18-12-20(25(18,2)3)31-38(34,35)22-9-6-16(26)13-27-22/h4-11,13-14,18,20,31H,12H2,1-3H3/t18-,20?/m1/s1. The van der Waals surface area contributed by atoms with Crippen LogP contribution in [0.2, 0.25) is 0 Å². The number of aryl methyl sites for hydroxylation is 1. The van der Waals surface area contributed by atoms with Gasteiger partial charge in [0.1, 0.15) is 13.7 Å². The smallest absolute Gasteiger partial charge is 0.269 e. The summed E-state index contributed by atoms with van der Waals surface area (Å²) in [7, 11) is -2.11. The van der Waals surface area contributed by atoms with E-state index in [4.69, 9.17) is 7.85 Å². The summed E-state index contributed by atoms with van der Waals surface area (Å²) in [5.41, 5.74) is 2.04. The van der Waals surface area contributed by atoms with Gasteiger partial charge in [-0.2, -0.15) is 0 Å². The van der Waals surface area contributed by atoms with Crippen LogP contribution in [0.1, 0.15) is 37.6 Å². The Labute approximate surface area is 226 Å². The number of sulfonamides is 1. The summed E-state index contributed by atoms with van der Waals surface area (Å²) in [6.45, 7) is 5.80. The van der Waals surface area contributed by atoms with E-state index in [2.05, 4.69) is 24.9 Å². The van der Waals surface area contributed by atoms with Crippen molar-refractivity contribution in [2.75, 3.05) is 0 Å². The number of pyridine rings is 1. The monoisotopic (exact) mass is 561 g/mol. The molecule has 0 spiro atoms. The molecule has 0 aliphatic heterocycles. The Bertz CT molecular complexity index is 1950. The first-order valence-electron chi connectivity index (χ1n) is 12.2. The maximum absolute atomic E-state index is 13.4. The van der Waals surface area contributed by atoms with Gasteiger partial charge in [-0.05, 0) is 43.0 Å². The van der Waals surface area contributed by atoms with Crippen molar-refractivity contribution < 1.29 is 16.8 Å². The number of benzene rings is 1. The second-order valence-corrected chi connectivity index (χ2v) is 13.8. The molecular formula is C25H24BN7O4S2. The molecule has 14 heteroatoms. The predicted octanol–water partition coefficient (Wildman–Crippen LogP) is 1.67. The van der Waals surface area contributed by atoms with E-state index in [1.165, 1.54) is 30.7 Å². The zero-order chi connectivity index (χ0) is 27.7. The molecule has 5 aromatic rings. The lowest BCUT2D eigenvalue weighted by molar-refractivity contribution is 0.0796. The van der Waals surface area contributed by atoms with Crippen molar-refractivity contribution in [1.29, 1.82) is 0 Å². The summed E-state index contributed by atoms with van der Waals surface area (Å²) in [5.74, 6) is 0.441. The van der Waals surface area contributed by atoms with Crippen LogP contribution in [0.25, 0.3) is 16.8 Å². The lowest BCUT2D eigenvalue weighted by atomic mass is 9.58. The quantitative estimate of drug-likeness (QED) is 0.309. The van der Waals surface area contributed by atoms with Gasteiger partial charge in [0.05, 0.1) is 16.6 Å². The van der Waals surface area contributed by atoms with Gasteiger partial charge in [0.15, 0.2) is 16.3 Å². The van der Waals surface area contributed by atoms with E-state index in [1.54, 1.807) is 34.7 Å². The van der Waals surface area contributed by atoms with Crippen molar-refractivity contribution in [3.63, 3.8) is 0 Å². The van der Waals surface area contributed by atoms with Crippen LogP contribution in [0.4, 0.5) is 0 Å². The van der Waals surface area contributed by atoms with E-state index in [-0.39, 0.29) is 27.5 Å². The molecule has 4 aromatic heterocycles. The second-order valence-electron chi connectivity index (χ2n) is 10.4. The summed E-state index contributed by atoms with van der Waals surface area (Å²) >= 11 is 0. The van der Waals surface area contributed by atoms with E-state index < -0.39 is 25.5 Å². The predicted molar refractivity (Wildman–Crippen MR) is 145 cm³/mol. The van der Waals surface area contributed by atoms with E-state index in [0.717, 1.165) is 9.54 Å². The highest BCUT2D eigenvalue weighted by atomic mass is 32.2. The molecule has 6 rings (SSSR count). The highest BCUT2D eigenvalue weighted by molar-refractivity contribution is 7.90. The van der Waals surface area contributed by atoms with E-state index >= 15 is 0 Å². The summed E-state index contributed by atoms with van der Waals surface area (Å²) in [4.78, 5) is 8.48. The molecule has 0 saturated heterocycles. The van der Waals surface area contributed by atoms with Crippen molar-refractivity contribution in [3.8, 4) is 0 Å². The second kappa shape index (κ2) is 8.70. The molecule has 39 heavy (non-hydrogen) atoms. The zero-order valence-electron chi connectivity index (χ0n) is 21.3. The summed E-state index contributed by atoms with van der Waals surface area (Å²) in [5, 5.41) is 8.57. The Kier molecular flexibility index (Phi) is 5.72. The molecule has 1 saturated carbocycles. The first kappa shape index (κ1) is 25.7. The van der Waals surface area contributed by atoms with E-state index in [1.807, 2.05) is 20.8 Å². The van der Waals surface area contributed by atoms with Gasteiger partial charge in [-0.3, -0.25) is 4.40 Å². The summed E-state index contributed by atoms with van der Waals surface area (Å²) < 4.78 is 58.4. The third-order valence-corrected chi connectivity index (χ3v) is 10.6. The molecule has 1 aliphatic rings. The van der Waals surface area contributed by atoms with Crippen LogP contribution in [0.15, 0.2) is 71.0 Å². The normalized spacial score (nSPS) is 19.4. The Morgan fingerprint density at radius 1 is 0.974 bits per heavy atom. The minimum absolute atomic E-state index is 0.104. The number of hydrogen-bond acceptors (Lipinski definition) is 8. The minimum atomic E-state index is -3.89. The Balaban J connectivity index is 1.35. The fraction of sp³-hybridized carbons (Fsp3) is 0.280. The lowest BCUT2D eigenvalue weighted by Crippen LogP contribution is -2.57. The van der Waals surface area contributed by atoms with Crippen molar-refractivity contribution in [2.24, 2.45) is 5.41 Å². The van der Waals surface area contributed by atoms with Crippen molar-refractivity contribution in [1.82, 2.24) is 33.3 Å². The zero-order valence-corrected chi connectivity index (χ0v) is 23.0. The average Bonchev–Trinajstić information content (AvgIpc) is 3.51. The first-order chi connectivity index (χ1) is 18.4. The molecule has 0 bridgehead atoms. The van der Waals surface area contributed by atoms with Crippen molar-refractivity contribution in [3.05, 3.63) is 72.4 Å². The maximum Gasteiger partial charge on any atom is 0.269 e. The van der Waals surface area contributed by atoms with Gasteiger partial charge in [0.2, 0.25) is 0 Å². The maximum atomic E-state index is 13.4. The van der Waals surface area contributed by atoms with Crippen molar-refractivity contribution >= 4 is 50.2 Å². The topological polar surface area (TPSA) is 141 Å². The van der Waals surface area contributed by atoms with Crippen LogP contribution < -0.4 is 10.2 Å². The molecule has 1 aromatic carbocycles. The van der Waals surface area contributed by atoms with Gasteiger partial charge in [-0.1, -0.05) is 43.1 Å². The van der Waals surface area contributed by atoms with E-state index in [0.29, 0.717) is 28.9 Å². The van der Waals surface area contributed by atoms with Crippen LogP contribution in [-0.2, 0) is 20.0 Å². The third kappa shape index (κ3) is 4.05. The molecule has 1 N–H and O–H groups in total. The third-order valence-electron chi connectivity index (χ3n) is 7.55. The molecular weight excluding hydrogens is 537 g/mol. The molecule has 4 heterocycles. The van der Waals surface area contributed by atoms with Crippen LogP contribution >= 0.6 is 0 Å². The van der Waals surface area contributed by atoms with Gasteiger partial charge >= 0.3 is 0 Å². The lowest BCUT2D eigenvalue weighted by Gasteiger charge is -2.51. The number of nitrogens with zero attached hydrogens (tertiary/aromatic N) is 6. The van der Waals surface area contributed by atoms with Crippen LogP contribution in [0.5, 0.6) is 0 Å². The molecule has 1 fully saturated rings. The SMILES string of the molecule is [B]c1ccc(S(=O)(=O)NC2C[C@H](c3nnc4cnc5c(ccn5S(=O)(=O)c5ccc(C)cc5)n34)C2(C)C)nc1. The molecule has 1 aliphatic carbocycles. The Morgan fingerprint density at radius 3 is 2.38 bits per heavy atom. The van der Waals surface area contributed by atoms with Gasteiger partial charge in [-0.25, -0.2) is 35.5 Å². The summed E-state index contributed by atoms with van der Waals surface area (Å²) in [6.07, 6.45) is 4.72. The van der Waals surface area contributed by atoms with Gasteiger partial charge in [0, 0.05) is 24.4 Å². The van der Waals surface area contributed by atoms with Gasteiger partial charge in [0.25, 0.3) is 20.0 Å². The Hall–Kier alpha value is -3.62. The first-order valence-corrected chi connectivity index (χ1v) is 15.1. The van der Waals surface area contributed by atoms with Crippen LogP contribution in [0, 0.1) is 12.3 Å². The number of aromatic nitrogens is 6. The molecule has 1 unspecified atom stereocenters. The number of fused-ring (bicyclic) bond motifs is 3. The molecule has 198 valence electrons. The fourth-order valence-electron chi connectivity index (χ4n) is 5.06. The van der Waals surface area contributed by atoms with Crippen LogP contribution in [-0.4, -0.2) is 59.3 Å².